The number of carbonyl (C=O) groups is 1. The molecule has 3 aliphatic rings. The summed E-state index contributed by atoms with van der Waals surface area (Å²) >= 11 is 0. The van der Waals surface area contributed by atoms with Crippen molar-refractivity contribution < 1.29 is 4.79 Å². The van der Waals surface area contributed by atoms with Gasteiger partial charge in [0.1, 0.15) is 0 Å². The van der Waals surface area contributed by atoms with Crippen LogP contribution in [0.1, 0.15) is 88.7 Å². The summed E-state index contributed by atoms with van der Waals surface area (Å²) in [6.07, 6.45) is 14.4. The smallest absolute Gasteiger partial charge is 0.226 e. The van der Waals surface area contributed by atoms with Gasteiger partial charge >= 0.3 is 0 Å². The molecule has 1 aliphatic heterocycles. The first-order valence-corrected chi connectivity index (χ1v) is 13.7. The first-order chi connectivity index (χ1) is 16.1. The second-order valence-corrected chi connectivity index (χ2v) is 11.0. The van der Waals surface area contributed by atoms with Gasteiger partial charge in [0.25, 0.3) is 0 Å². The second-order valence-electron chi connectivity index (χ2n) is 11.0. The third-order valence-electron chi connectivity index (χ3n) is 8.89. The first kappa shape index (κ1) is 23.0. The third-order valence-corrected chi connectivity index (χ3v) is 8.89. The molecule has 1 aromatic heterocycles. The van der Waals surface area contributed by atoms with Gasteiger partial charge in [-0.2, -0.15) is 0 Å². The molecule has 4 nitrogen and oxygen atoms in total. The van der Waals surface area contributed by atoms with Crippen LogP contribution in [0.2, 0.25) is 0 Å². The molecule has 3 atom stereocenters. The number of amides is 1. The Morgan fingerprint density at radius 2 is 1.85 bits per heavy atom. The van der Waals surface area contributed by atoms with Crippen LogP contribution in [0.15, 0.2) is 24.4 Å². The van der Waals surface area contributed by atoms with E-state index in [1.54, 1.807) is 0 Å². The molecule has 1 amide bonds. The first-order valence-electron chi connectivity index (χ1n) is 13.7. The molecular weight excluding hydrogens is 406 g/mol. The van der Waals surface area contributed by atoms with Crippen molar-refractivity contribution in [2.45, 2.75) is 103 Å². The van der Waals surface area contributed by atoms with Crippen molar-refractivity contribution >= 4 is 16.8 Å². The molecule has 2 heterocycles. The summed E-state index contributed by atoms with van der Waals surface area (Å²) in [6, 6.07) is 7.95. The molecule has 0 N–H and O–H groups in total. The molecule has 4 heteroatoms. The van der Waals surface area contributed by atoms with E-state index >= 15 is 0 Å². The summed E-state index contributed by atoms with van der Waals surface area (Å²) < 4.78 is 2.50. The van der Waals surface area contributed by atoms with Gasteiger partial charge in [0.2, 0.25) is 5.91 Å². The molecule has 2 aromatic rings. The van der Waals surface area contributed by atoms with Crippen LogP contribution >= 0.6 is 0 Å². The average molecular weight is 450 g/mol. The normalized spacial score (nSPS) is 25.5. The zero-order valence-corrected chi connectivity index (χ0v) is 21.1. The van der Waals surface area contributed by atoms with E-state index in [-0.39, 0.29) is 5.92 Å². The van der Waals surface area contributed by atoms with Gasteiger partial charge in [-0.15, -0.1) is 0 Å². The molecule has 0 radical (unpaired) electrons. The van der Waals surface area contributed by atoms with E-state index < -0.39 is 0 Å². The van der Waals surface area contributed by atoms with E-state index in [2.05, 4.69) is 59.7 Å². The predicted octanol–water partition coefficient (Wildman–Crippen LogP) is 5.97. The summed E-state index contributed by atoms with van der Waals surface area (Å²) in [4.78, 5) is 18.5. The molecule has 1 saturated heterocycles. The highest BCUT2D eigenvalue weighted by Gasteiger charge is 2.44. The van der Waals surface area contributed by atoms with Crippen LogP contribution in [0.3, 0.4) is 0 Å². The van der Waals surface area contributed by atoms with Gasteiger partial charge in [0, 0.05) is 55.2 Å². The summed E-state index contributed by atoms with van der Waals surface area (Å²) in [5, 5.41) is 1.50. The molecule has 1 saturated carbocycles. The third kappa shape index (κ3) is 4.24. The minimum absolute atomic E-state index is 0.132. The van der Waals surface area contributed by atoms with Gasteiger partial charge < -0.3 is 9.47 Å². The Morgan fingerprint density at radius 3 is 2.61 bits per heavy atom. The Morgan fingerprint density at radius 1 is 1.09 bits per heavy atom. The Balaban J connectivity index is 1.47. The number of likely N-dealkylation sites (tertiary alicyclic amines) is 1. The van der Waals surface area contributed by atoms with Crippen molar-refractivity contribution in [2.24, 2.45) is 5.92 Å². The Bertz CT molecular complexity index is 973. The van der Waals surface area contributed by atoms with E-state index in [0.717, 1.165) is 32.5 Å². The zero-order chi connectivity index (χ0) is 22.9. The minimum atomic E-state index is 0.132. The Labute approximate surface area is 200 Å². The summed E-state index contributed by atoms with van der Waals surface area (Å²) in [7, 11) is 2.08. The predicted molar refractivity (Wildman–Crippen MR) is 137 cm³/mol. The molecule has 0 unspecified atom stereocenters. The number of benzene rings is 1. The lowest BCUT2D eigenvalue weighted by atomic mass is 9.72. The fourth-order valence-electron chi connectivity index (χ4n) is 7.04. The van der Waals surface area contributed by atoms with Gasteiger partial charge in [0.05, 0.1) is 5.92 Å². The highest BCUT2D eigenvalue weighted by Crippen LogP contribution is 2.46. The van der Waals surface area contributed by atoms with Crippen LogP contribution < -0.4 is 0 Å². The number of nitrogens with zero attached hydrogens (tertiary/aromatic N) is 3. The van der Waals surface area contributed by atoms with Gasteiger partial charge in [-0.25, -0.2) is 0 Å². The van der Waals surface area contributed by atoms with Gasteiger partial charge in [0.15, 0.2) is 0 Å². The number of aryl methyl sites for hydroxylation is 1. The number of piperidine rings is 1. The number of aromatic nitrogens is 1. The maximum atomic E-state index is 13.7. The van der Waals surface area contributed by atoms with Gasteiger partial charge in [-0.1, -0.05) is 51.7 Å². The lowest BCUT2D eigenvalue weighted by Crippen LogP contribution is -2.54. The summed E-state index contributed by atoms with van der Waals surface area (Å²) in [5.41, 5.74) is 4.45. The van der Waals surface area contributed by atoms with E-state index in [0.29, 0.717) is 23.9 Å². The van der Waals surface area contributed by atoms with Crippen LogP contribution in [0, 0.1) is 5.92 Å². The summed E-state index contributed by atoms with van der Waals surface area (Å²) in [6.45, 7) is 7.73. The van der Waals surface area contributed by atoms with Gasteiger partial charge in [-0.05, 0) is 62.3 Å². The van der Waals surface area contributed by atoms with Crippen LogP contribution in [0.4, 0.5) is 0 Å². The van der Waals surface area contributed by atoms with E-state index in [4.69, 9.17) is 0 Å². The van der Waals surface area contributed by atoms with Crippen molar-refractivity contribution in [2.75, 3.05) is 20.1 Å². The monoisotopic (exact) mass is 449 g/mol. The summed E-state index contributed by atoms with van der Waals surface area (Å²) in [5.74, 6) is 1.01. The largest absolute Gasteiger partial charge is 0.347 e. The number of unbranched alkanes of at least 4 members (excludes halogenated alkanes) is 2. The van der Waals surface area contributed by atoms with Crippen LogP contribution in [0.25, 0.3) is 10.9 Å². The van der Waals surface area contributed by atoms with Crippen molar-refractivity contribution in [1.82, 2.24) is 14.4 Å². The number of hydrogen-bond acceptors (Lipinski definition) is 2. The van der Waals surface area contributed by atoms with Crippen molar-refractivity contribution in [1.29, 1.82) is 0 Å². The molecule has 2 aliphatic carbocycles. The zero-order valence-electron chi connectivity index (χ0n) is 21.1. The maximum absolute atomic E-state index is 13.7. The molecule has 5 rings (SSSR count). The quantitative estimate of drug-likeness (QED) is 0.496. The average Bonchev–Trinajstić information content (AvgIpc) is 3.50. The molecule has 2 fully saturated rings. The second kappa shape index (κ2) is 9.82. The van der Waals surface area contributed by atoms with E-state index in [1.807, 2.05) is 0 Å². The lowest BCUT2D eigenvalue weighted by molar-refractivity contribution is -0.139. The molecule has 33 heavy (non-hydrogen) atoms. The lowest BCUT2D eigenvalue weighted by Gasteiger charge is -2.47. The van der Waals surface area contributed by atoms with Crippen LogP contribution in [-0.4, -0.2) is 52.5 Å². The SMILES string of the molecule is CCCCN1C[C@H](C(=O)N(C)C2CCCC2)C[C@@H]2c3cccc4c3c(cn4CCCC)C[C@H]21. The van der Waals surface area contributed by atoms with Crippen molar-refractivity contribution in [3.63, 3.8) is 0 Å². The number of hydrogen-bond donors (Lipinski definition) is 0. The molecule has 1 aromatic carbocycles. The fourth-order valence-corrected chi connectivity index (χ4v) is 7.04. The fraction of sp³-hybridized carbons (Fsp3) is 0.690. The van der Waals surface area contributed by atoms with Crippen LogP contribution in [0.5, 0.6) is 0 Å². The maximum Gasteiger partial charge on any atom is 0.226 e. The topological polar surface area (TPSA) is 28.5 Å². The highest BCUT2D eigenvalue weighted by atomic mass is 16.2. The van der Waals surface area contributed by atoms with E-state index in [1.165, 1.54) is 73.4 Å². The number of rotatable bonds is 8. The Kier molecular flexibility index (Phi) is 6.83. The Hall–Kier alpha value is -1.81. The minimum Gasteiger partial charge on any atom is -0.347 e. The molecule has 0 spiro atoms. The number of fused-ring (bicyclic) bond motifs is 2. The highest BCUT2D eigenvalue weighted by molar-refractivity contribution is 5.89. The van der Waals surface area contributed by atoms with Crippen LogP contribution in [-0.2, 0) is 17.8 Å². The van der Waals surface area contributed by atoms with Crippen molar-refractivity contribution in [3.8, 4) is 0 Å². The molecule has 0 bridgehead atoms. The number of carbonyl (C=O) groups excluding carboxylic acids is 1. The van der Waals surface area contributed by atoms with Gasteiger partial charge in [-0.3, -0.25) is 9.69 Å². The van der Waals surface area contributed by atoms with E-state index in [9.17, 15) is 4.79 Å². The van der Waals surface area contributed by atoms with Crippen molar-refractivity contribution in [3.05, 3.63) is 35.5 Å². The standard InChI is InChI=1S/C29H43N3O/c1-4-6-15-31-19-21-18-27-25(24-13-10-14-26(31)28(21)24)17-22(20-32(27)16-7-5-2)29(33)30(3)23-11-8-9-12-23/h10,13-14,19,22-23,25,27H,4-9,11-12,15-18,20H2,1-3H3/t22-,25-,27-/m1/s1. The molecule has 180 valence electrons. The molecular formula is C29H43N3O.